The molecule has 1 aromatic heterocycles. The lowest BCUT2D eigenvalue weighted by atomic mass is 10.0. The number of nitrogens with zero attached hydrogens (tertiary/aromatic N) is 3. The van der Waals surface area contributed by atoms with Crippen LogP contribution in [0, 0.1) is 16.0 Å². The largest absolute Gasteiger partial charge is 0.310 e. The minimum absolute atomic E-state index is 0.0182. The molecule has 1 N–H and O–H groups in total. The Morgan fingerprint density at radius 1 is 1.26 bits per heavy atom. The third-order valence-electron chi connectivity index (χ3n) is 5.37. The molecule has 0 saturated heterocycles. The van der Waals surface area contributed by atoms with Crippen LogP contribution in [0.2, 0.25) is 0 Å². The normalized spacial score (nSPS) is 16.4. The molecule has 7 nitrogen and oxygen atoms in total. The number of carbonyl (C=O) groups excluding carboxylic acids is 1. The maximum atomic E-state index is 12.5. The standard InChI is InChI=1S/C19H22N4O3S/c24-18(10-5-13-3-1-2-4-13)20-19-16-11-27-12-17(16)21-22(19)14-6-8-15(9-7-14)23(25)26/h6-9,13H,1-5,10-12H2,(H,20,24). The maximum absolute atomic E-state index is 12.5. The summed E-state index contributed by atoms with van der Waals surface area (Å²) >= 11 is 1.78. The van der Waals surface area contributed by atoms with Crippen molar-refractivity contribution in [3.63, 3.8) is 0 Å². The summed E-state index contributed by atoms with van der Waals surface area (Å²) in [5.74, 6) is 3.04. The SMILES string of the molecule is O=C(CCC1CCCC1)Nc1c2c(nn1-c1ccc([N+](=O)[O-])cc1)CSC2. The van der Waals surface area contributed by atoms with Gasteiger partial charge in [-0.15, -0.1) is 0 Å². The van der Waals surface area contributed by atoms with Gasteiger partial charge in [0.2, 0.25) is 5.91 Å². The van der Waals surface area contributed by atoms with Gasteiger partial charge in [0.1, 0.15) is 5.82 Å². The van der Waals surface area contributed by atoms with E-state index in [1.807, 2.05) is 0 Å². The van der Waals surface area contributed by atoms with Crippen LogP contribution in [-0.2, 0) is 16.3 Å². The van der Waals surface area contributed by atoms with Crippen molar-refractivity contribution in [2.45, 2.75) is 50.0 Å². The Morgan fingerprint density at radius 2 is 2.00 bits per heavy atom. The van der Waals surface area contributed by atoms with Crippen molar-refractivity contribution in [2.24, 2.45) is 5.92 Å². The minimum Gasteiger partial charge on any atom is -0.310 e. The fourth-order valence-electron chi connectivity index (χ4n) is 3.87. The lowest BCUT2D eigenvalue weighted by molar-refractivity contribution is -0.384. The number of nitro groups is 1. The summed E-state index contributed by atoms with van der Waals surface area (Å²) in [4.78, 5) is 23.0. The molecule has 0 bridgehead atoms. The number of non-ortho nitro benzene ring substituents is 1. The van der Waals surface area contributed by atoms with Crippen molar-refractivity contribution < 1.29 is 9.72 Å². The fraction of sp³-hybridized carbons (Fsp3) is 0.474. The van der Waals surface area contributed by atoms with Crippen molar-refractivity contribution >= 4 is 29.2 Å². The molecule has 0 radical (unpaired) electrons. The molecule has 1 saturated carbocycles. The van der Waals surface area contributed by atoms with Gasteiger partial charge >= 0.3 is 0 Å². The first-order valence-electron chi connectivity index (χ1n) is 9.35. The number of amides is 1. The number of aromatic nitrogens is 2. The summed E-state index contributed by atoms with van der Waals surface area (Å²) in [6.07, 6.45) is 6.50. The lowest BCUT2D eigenvalue weighted by Gasteiger charge is -2.12. The first-order chi connectivity index (χ1) is 13.1. The predicted molar refractivity (Wildman–Crippen MR) is 105 cm³/mol. The second kappa shape index (κ2) is 7.72. The zero-order valence-electron chi connectivity index (χ0n) is 15.0. The average Bonchev–Trinajstić information content (AvgIpc) is 3.39. The molecule has 0 spiro atoms. The van der Waals surface area contributed by atoms with Crippen molar-refractivity contribution in [1.29, 1.82) is 0 Å². The van der Waals surface area contributed by atoms with Crippen molar-refractivity contribution in [3.05, 3.63) is 45.6 Å². The van der Waals surface area contributed by atoms with Crippen LogP contribution in [0.3, 0.4) is 0 Å². The average molecular weight is 386 g/mol. The quantitative estimate of drug-likeness (QED) is 0.586. The molecule has 27 heavy (non-hydrogen) atoms. The summed E-state index contributed by atoms with van der Waals surface area (Å²) in [5, 5.41) is 18.6. The Kier molecular flexibility index (Phi) is 5.15. The molecule has 1 aliphatic heterocycles. The van der Waals surface area contributed by atoms with Gasteiger partial charge in [-0.3, -0.25) is 14.9 Å². The summed E-state index contributed by atoms with van der Waals surface area (Å²) in [7, 11) is 0. The molecule has 2 aliphatic rings. The van der Waals surface area contributed by atoms with E-state index in [0.717, 1.165) is 29.2 Å². The maximum Gasteiger partial charge on any atom is 0.269 e. The Hall–Kier alpha value is -2.35. The number of thioether (sulfide) groups is 1. The third kappa shape index (κ3) is 3.85. The number of anilines is 1. The van der Waals surface area contributed by atoms with Gasteiger partial charge in [-0.25, -0.2) is 4.68 Å². The van der Waals surface area contributed by atoms with Crippen LogP contribution in [0.15, 0.2) is 24.3 Å². The number of benzene rings is 1. The van der Waals surface area contributed by atoms with E-state index in [0.29, 0.717) is 23.8 Å². The molecule has 1 aromatic carbocycles. The summed E-state index contributed by atoms with van der Waals surface area (Å²) in [6, 6.07) is 6.26. The van der Waals surface area contributed by atoms with E-state index in [9.17, 15) is 14.9 Å². The molecule has 8 heteroatoms. The van der Waals surface area contributed by atoms with Gasteiger partial charge in [0.15, 0.2) is 0 Å². The zero-order chi connectivity index (χ0) is 18.8. The predicted octanol–water partition coefficient (Wildman–Crippen LogP) is 4.44. The number of hydrogen-bond acceptors (Lipinski definition) is 5. The summed E-state index contributed by atoms with van der Waals surface area (Å²) in [5.41, 5.74) is 2.79. The second-order valence-electron chi connectivity index (χ2n) is 7.19. The molecule has 4 rings (SSSR count). The highest BCUT2D eigenvalue weighted by molar-refractivity contribution is 7.98. The minimum atomic E-state index is -0.421. The first-order valence-corrected chi connectivity index (χ1v) is 10.5. The number of hydrogen-bond donors (Lipinski definition) is 1. The molecule has 1 aliphatic carbocycles. The number of nitro benzene ring substituents is 1. The van der Waals surface area contributed by atoms with Crippen LogP contribution in [-0.4, -0.2) is 20.6 Å². The van der Waals surface area contributed by atoms with E-state index in [1.165, 1.54) is 37.8 Å². The lowest BCUT2D eigenvalue weighted by Crippen LogP contribution is -2.16. The van der Waals surface area contributed by atoms with E-state index in [1.54, 1.807) is 28.6 Å². The van der Waals surface area contributed by atoms with Crippen LogP contribution >= 0.6 is 11.8 Å². The highest BCUT2D eigenvalue weighted by atomic mass is 32.2. The number of nitrogens with one attached hydrogen (secondary N) is 1. The fourth-order valence-corrected chi connectivity index (χ4v) is 4.91. The summed E-state index contributed by atoms with van der Waals surface area (Å²) < 4.78 is 1.71. The topological polar surface area (TPSA) is 90.1 Å². The Labute approximate surface area is 161 Å². The van der Waals surface area contributed by atoms with Crippen LogP contribution in [0.1, 0.15) is 49.8 Å². The molecule has 0 atom stereocenters. The Balaban J connectivity index is 1.54. The van der Waals surface area contributed by atoms with E-state index in [2.05, 4.69) is 10.4 Å². The van der Waals surface area contributed by atoms with Crippen molar-refractivity contribution in [1.82, 2.24) is 9.78 Å². The molecular formula is C19H22N4O3S. The Bertz CT molecular complexity index is 857. The van der Waals surface area contributed by atoms with Crippen LogP contribution in [0.5, 0.6) is 0 Å². The highest BCUT2D eigenvalue weighted by Crippen LogP contribution is 2.36. The van der Waals surface area contributed by atoms with Crippen LogP contribution < -0.4 is 5.32 Å². The second-order valence-corrected chi connectivity index (χ2v) is 8.17. The number of carbonyl (C=O) groups is 1. The third-order valence-corrected chi connectivity index (χ3v) is 6.34. The van der Waals surface area contributed by atoms with Gasteiger partial charge in [-0.05, 0) is 24.5 Å². The first kappa shape index (κ1) is 18.0. The molecule has 2 heterocycles. The van der Waals surface area contributed by atoms with Crippen molar-refractivity contribution in [3.8, 4) is 5.69 Å². The molecule has 0 unspecified atom stereocenters. The van der Waals surface area contributed by atoms with Gasteiger partial charge in [-0.2, -0.15) is 16.9 Å². The molecule has 2 aromatic rings. The van der Waals surface area contributed by atoms with Crippen LogP contribution in [0.25, 0.3) is 5.69 Å². The van der Waals surface area contributed by atoms with Gasteiger partial charge in [-0.1, -0.05) is 25.7 Å². The molecular weight excluding hydrogens is 364 g/mol. The highest BCUT2D eigenvalue weighted by Gasteiger charge is 2.25. The van der Waals surface area contributed by atoms with Gasteiger partial charge in [0.05, 0.1) is 16.3 Å². The summed E-state index contributed by atoms with van der Waals surface area (Å²) in [6.45, 7) is 0. The van der Waals surface area contributed by atoms with E-state index >= 15 is 0 Å². The van der Waals surface area contributed by atoms with E-state index < -0.39 is 4.92 Å². The van der Waals surface area contributed by atoms with E-state index in [4.69, 9.17) is 0 Å². The Morgan fingerprint density at radius 3 is 2.70 bits per heavy atom. The number of fused-ring (bicyclic) bond motifs is 1. The molecule has 1 fully saturated rings. The number of rotatable bonds is 6. The van der Waals surface area contributed by atoms with Gasteiger partial charge < -0.3 is 5.32 Å². The van der Waals surface area contributed by atoms with Gasteiger partial charge in [0.25, 0.3) is 5.69 Å². The van der Waals surface area contributed by atoms with Crippen molar-refractivity contribution in [2.75, 3.05) is 5.32 Å². The molecule has 142 valence electrons. The zero-order valence-corrected chi connectivity index (χ0v) is 15.8. The smallest absolute Gasteiger partial charge is 0.269 e. The van der Waals surface area contributed by atoms with E-state index in [-0.39, 0.29) is 11.6 Å². The monoisotopic (exact) mass is 386 g/mol. The molecule has 1 amide bonds. The van der Waals surface area contributed by atoms with Gasteiger partial charge in [0, 0.05) is 35.6 Å². The van der Waals surface area contributed by atoms with Crippen LogP contribution in [0.4, 0.5) is 11.5 Å².